The quantitative estimate of drug-likeness (QED) is 0.855. The maximum atomic E-state index is 5.23. The Balaban J connectivity index is 2.03. The molecular weight excluding hydrogens is 258 g/mol. The number of para-hydroxylation sites is 1. The van der Waals surface area contributed by atoms with Gasteiger partial charge in [-0.3, -0.25) is 0 Å². The highest BCUT2D eigenvalue weighted by molar-refractivity contribution is 5.51. The normalized spacial score (nSPS) is 11.4. The lowest BCUT2D eigenvalue weighted by molar-refractivity contribution is 0.185. The van der Waals surface area contributed by atoms with E-state index in [1.54, 1.807) is 7.11 Å². The Morgan fingerprint density at radius 1 is 0.952 bits per heavy atom. The molecule has 2 aromatic carbocycles. The van der Waals surface area contributed by atoms with Crippen LogP contribution in [0.4, 0.5) is 5.69 Å². The van der Waals surface area contributed by atoms with E-state index in [0.717, 1.165) is 12.2 Å². The van der Waals surface area contributed by atoms with Gasteiger partial charge in [-0.25, -0.2) is 0 Å². The Morgan fingerprint density at radius 3 is 2.24 bits per heavy atom. The average Bonchev–Trinajstić information content (AvgIpc) is 2.46. The molecule has 0 atom stereocenters. The molecule has 21 heavy (non-hydrogen) atoms. The van der Waals surface area contributed by atoms with Gasteiger partial charge in [0.1, 0.15) is 0 Å². The van der Waals surface area contributed by atoms with Crippen molar-refractivity contribution >= 4 is 5.69 Å². The van der Waals surface area contributed by atoms with Gasteiger partial charge in [0.2, 0.25) is 0 Å². The first kappa shape index (κ1) is 15.6. The predicted molar refractivity (Wildman–Crippen MR) is 89.6 cm³/mol. The van der Waals surface area contributed by atoms with Crippen molar-refractivity contribution in [3.8, 4) is 0 Å². The number of rotatable bonds is 5. The summed E-state index contributed by atoms with van der Waals surface area (Å²) in [4.78, 5) is 0. The third kappa shape index (κ3) is 4.33. The minimum atomic E-state index is 0.205. The highest BCUT2D eigenvalue weighted by Crippen LogP contribution is 2.23. The Kier molecular flexibility index (Phi) is 5.03. The standard InChI is InChI=1S/C19H25NO/c1-19(2,3)17-11-9-15(10-12-17)13-20-18-8-6-5-7-16(18)14-21-4/h5-12,20H,13-14H2,1-4H3. The van der Waals surface area contributed by atoms with Crippen LogP contribution in [0, 0.1) is 0 Å². The van der Waals surface area contributed by atoms with Crippen molar-refractivity contribution in [3.05, 3.63) is 65.2 Å². The summed E-state index contributed by atoms with van der Waals surface area (Å²) in [6, 6.07) is 17.1. The molecule has 2 heteroatoms. The summed E-state index contributed by atoms with van der Waals surface area (Å²) in [7, 11) is 1.72. The molecule has 0 aliphatic heterocycles. The molecule has 0 saturated carbocycles. The number of benzene rings is 2. The number of hydrogen-bond acceptors (Lipinski definition) is 2. The molecule has 0 heterocycles. The van der Waals surface area contributed by atoms with E-state index in [1.165, 1.54) is 16.7 Å². The minimum Gasteiger partial charge on any atom is -0.381 e. The van der Waals surface area contributed by atoms with Crippen molar-refractivity contribution in [1.82, 2.24) is 0 Å². The van der Waals surface area contributed by atoms with Crippen LogP contribution in [-0.4, -0.2) is 7.11 Å². The van der Waals surface area contributed by atoms with Gasteiger partial charge in [0.05, 0.1) is 6.61 Å². The summed E-state index contributed by atoms with van der Waals surface area (Å²) < 4.78 is 5.23. The SMILES string of the molecule is COCc1ccccc1NCc1ccc(C(C)(C)C)cc1. The zero-order valence-electron chi connectivity index (χ0n) is 13.4. The monoisotopic (exact) mass is 283 g/mol. The van der Waals surface area contributed by atoms with E-state index < -0.39 is 0 Å². The maximum absolute atomic E-state index is 5.23. The molecule has 1 N–H and O–H groups in total. The molecule has 0 saturated heterocycles. The summed E-state index contributed by atoms with van der Waals surface area (Å²) in [6.07, 6.45) is 0. The molecule has 0 bridgehead atoms. The first-order valence-electron chi connectivity index (χ1n) is 7.41. The largest absolute Gasteiger partial charge is 0.381 e. The van der Waals surface area contributed by atoms with E-state index >= 15 is 0 Å². The van der Waals surface area contributed by atoms with Crippen molar-refractivity contribution in [2.45, 2.75) is 39.3 Å². The predicted octanol–water partition coefficient (Wildman–Crippen LogP) is 4.74. The fraction of sp³-hybridized carbons (Fsp3) is 0.368. The summed E-state index contributed by atoms with van der Waals surface area (Å²) in [5.41, 5.74) is 5.18. The summed E-state index contributed by atoms with van der Waals surface area (Å²) in [5, 5.41) is 3.49. The fourth-order valence-electron chi connectivity index (χ4n) is 2.29. The lowest BCUT2D eigenvalue weighted by atomic mass is 9.87. The van der Waals surface area contributed by atoms with Gasteiger partial charge in [-0.2, -0.15) is 0 Å². The van der Waals surface area contributed by atoms with Crippen LogP contribution in [0.15, 0.2) is 48.5 Å². The Hall–Kier alpha value is -1.80. The van der Waals surface area contributed by atoms with Crippen molar-refractivity contribution < 1.29 is 4.74 Å². The number of anilines is 1. The molecule has 2 rings (SSSR count). The van der Waals surface area contributed by atoms with E-state index in [2.05, 4.69) is 62.5 Å². The zero-order valence-corrected chi connectivity index (χ0v) is 13.4. The molecule has 0 amide bonds. The molecule has 0 fully saturated rings. The van der Waals surface area contributed by atoms with Crippen LogP contribution in [-0.2, 0) is 23.3 Å². The lowest BCUT2D eigenvalue weighted by Crippen LogP contribution is -2.11. The topological polar surface area (TPSA) is 21.3 Å². The van der Waals surface area contributed by atoms with Crippen LogP contribution in [0.2, 0.25) is 0 Å². The van der Waals surface area contributed by atoms with Gasteiger partial charge >= 0.3 is 0 Å². The fourth-order valence-corrected chi connectivity index (χ4v) is 2.29. The molecule has 2 nitrogen and oxygen atoms in total. The second-order valence-corrected chi connectivity index (χ2v) is 6.39. The third-order valence-corrected chi connectivity index (χ3v) is 3.62. The van der Waals surface area contributed by atoms with E-state index in [1.807, 2.05) is 12.1 Å². The lowest BCUT2D eigenvalue weighted by Gasteiger charge is -2.19. The van der Waals surface area contributed by atoms with Gasteiger partial charge < -0.3 is 10.1 Å². The first-order chi connectivity index (χ1) is 10.0. The van der Waals surface area contributed by atoms with Crippen LogP contribution in [0.1, 0.15) is 37.5 Å². The van der Waals surface area contributed by atoms with E-state index in [9.17, 15) is 0 Å². The molecule has 0 spiro atoms. The van der Waals surface area contributed by atoms with Gasteiger partial charge in [-0.05, 0) is 22.6 Å². The summed E-state index contributed by atoms with van der Waals surface area (Å²) in [5.74, 6) is 0. The van der Waals surface area contributed by atoms with Crippen molar-refractivity contribution in [2.75, 3.05) is 12.4 Å². The minimum absolute atomic E-state index is 0.205. The van der Waals surface area contributed by atoms with Crippen LogP contribution in [0.5, 0.6) is 0 Å². The maximum Gasteiger partial charge on any atom is 0.0733 e. The van der Waals surface area contributed by atoms with Gasteiger partial charge in [0, 0.05) is 24.9 Å². The molecule has 0 aromatic heterocycles. The molecule has 112 valence electrons. The van der Waals surface area contributed by atoms with Gasteiger partial charge in [0.25, 0.3) is 0 Å². The van der Waals surface area contributed by atoms with Crippen LogP contribution >= 0.6 is 0 Å². The number of hydrogen-bond donors (Lipinski definition) is 1. The molecule has 2 aromatic rings. The molecule has 0 radical (unpaired) electrons. The average molecular weight is 283 g/mol. The Morgan fingerprint density at radius 2 is 1.62 bits per heavy atom. The van der Waals surface area contributed by atoms with Gasteiger partial charge in [-0.1, -0.05) is 63.2 Å². The van der Waals surface area contributed by atoms with Crippen LogP contribution in [0.25, 0.3) is 0 Å². The first-order valence-corrected chi connectivity index (χ1v) is 7.41. The summed E-state index contributed by atoms with van der Waals surface area (Å²) in [6.45, 7) is 8.17. The highest BCUT2D eigenvalue weighted by Gasteiger charge is 2.12. The van der Waals surface area contributed by atoms with Gasteiger partial charge in [-0.15, -0.1) is 0 Å². The number of nitrogens with one attached hydrogen (secondary N) is 1. The third-order valence-electron chi connectivity index (χ3n) is 3.62. The Labute approximate surface area is 128 Å². The van der Waals surface area contributed by atoms with E-state index in [-0.39, 0.29) is 5.41 Å². The molecule has 0 unspecified atom stereocenters. The van der Waals surface area contributed by atoms with Crippen LogP contribution < -0.4 is 5.32 Å². The summed E-state index contributed by atoms with van der Waals surface area (Å²) >= 11 is 0. The van der Waals surface area contributed by atoms with E-state index in [4.69, 9.17) is 4.74 Å². The van der Waals surface area contributed by atoms with Crippen LogP contribution in [0.3, 0.4) is 0 Å². The zero-order chi connectivity index (χ0) is 15.3. The second kappa shape index (κ2) is 6.77. The molecule has 0 aliphatic rings. The molecular formula is C19H25NO. The van der Waals surface area contributed by atoms with Gasteiger partial charge in [0.15, 0.2) is 0 Å². The van der Waals surface area contributed by atoms with E-state index in [0.29, 0.717) is 6.61 Å². The highest BCUT2D eigenvalue weighted by atomic mass is 16.5. The Bertz CT molecular complexity index is 567. The second-order valence-electron chi connectivity index (χ2n) is 6.39. The smallest absolute Gasteiger partial charge is 0.0733 e. The van der Waals surface area contributed by atoms with Crippen molar-refractivity contribution in [3.63, 3.8) is 0 Å². The van der Waals surface area contributed by atoms with Crippen molar-refractivity contribution in [1.29, 1.82) is 0 Å². The van der Waals surface area contributed by atoms with Crippen molar-refractivity contribution in [2.24, 2.45) is 0 Å². The number of methoxy groups -OCH3 is 1. The number of ether oxygens (including phenoxy) is 1. The molecule has 0 aliphatic carbocycles.